The molecule has 0 saturated carbocycles. The topological polar surface area (TPSA) is 66.4 Å². The highest BCUT2D eigenvalue weighted by Crippen LogP contribution is 2.45. The van der Waals surface area contributed by atoms with Gasteiger partial charge in [-0.3, -0.25) is 9.89 Å². The molecule has 1 N–H and O–H groups in total. The van der Waals surface area contributed by atoms with Crippen LogP contribution in [0.15, 0.2) is 71.7 Å². The van der Waals surface area contributed by atoms with E-state index in [-0.39, 0.29) is 24.5 Å². The second-order valence-electron chi connectivity index (χ2n) is 10.4. The molecule has 0 aliphatic carbocycles. The van der Waals surface area contributed by atoms with E-state index in [4.69, 9.17) is 37.7 Å². The van der Waals surface area contributed by atoms with Crippen molar-refractivity contribution < 1.29 is 14.3 Å². The molecule has 218 valence electrons. The Hall–Kier alpha value is -2.97. The fraction of sp³-hybridized carbons (Fsp3) is 0.355. The first-order valence-electron chi connectivity index (χ1n) is 13.5. The molecule has 2 atom stereocenters. The van der Waals surface area contributed by atoms with Gasteiger partial charge in [-0.25, -0.2) is 4.79 Å². The summed E-state index contributed by atoms with van der Waals surface area (Å²) in [5, 5.41) is 4.61. The predicted molar refractivity (Wildman–Crippen MR) is 167 cm³/mol. The lowest BCUT2D eigenvalue weighted by Crippen LogP contribution is -2.53. The van der Waals surface area contributed by atoms with E-state index >= 15 is 0 Å². The molecule has 3 aromatic rings. The van der Waals surface area contributed by atoms with Crippen LogP contribution in [0, 0.1) is 5.92 Å². The first-order chi connectivity index (χ1) is 19.4. The summed E-state index contributed by atoms with van der Waals surface area (Å²) in [6.45, 7) is 7.41. The number of rotatable bonds is 7. The van der Waals surface area contributed by atoms with Gasteiger partial charge in [-0.2, -0.15) is 0 Å². The standard InChI is InChI=1S/C31H34Cl2N4O3.ClH/c1-20(2)19-40-27-18-25(39-3)12-13-26(27)30-35-28(21-4-8-23(32)9-5-21)29(22-6-10-24(33)11-7-22)37(30)31(38)36-16-14-34-15-17-36;/h4-13,18,20,28-29,34H,14-17,19H2,1-3H3;1H. The molecule has 1 fully saturated rings. The number of amidine groups is 1. The van der Waals surface area contributed by atoms with Crippen LogP contribution in [-0.2, 0) is 0 Å². The molecule has 7 nitrogen and oxygen atoms in total. The van der Waals surface area contributed by atoms with Gasteiger partial charge in [-0.15, -0.1) is 12.4 Å². The molecule has 41 heavy (non-hydrogen) atoms. The molecule has 2 heterocycles. The van der Waals surface area contributed by atoms with Gasteiger partial charge in [0.1, 0.15) is 23.4 Å². The minimum atomic E-state index is -0.407. The molecule has 2 amide bonds. The van der Waals surface area contributed by atoms with Crippen molar-refractivity contribution in [2.24, 2.45) is 10.9 Å². The number of nitrogens with zero attached hydrogens (tertiary/aromatic N) is 3. The molecule has 5 rings (SSSR count). The highest BCUT2D eigenvalue weighted by molar-refractivity contribution is 6.30. The number of hydrogen-bond acceptors (Lipinski definition) is 5. The quantitative estimate of drug-likeness (QED) is 0.309. The van der Waals surface area contributed by atoms with Gasteiger partial charge in [0.2, 0.25) is 0 Å². The largest absolute Gasteiger partial charge is 0.497 e. The number of carbonyl (C=O) groups is 1. The third-order valence-corrected chi connectivity index (χ3v) is 7.59. The predicted octanol–water partition coefficient (Wildman–Crippen LogP) is 7.03. The monoisotopic (exact) mass is 616 g/mol. The van der Waals surface area contributed by atoms with Crippen molar-refractivity contribution in [3.05, 3.63) is 93.5 Å². The van der Waals surface area contributed by atoms with Crippen molar-refractivity contribution in [2.75, 3.05) is 39.9 Å². The lowest BCUT2D eigenvalue weighted by molar-refractivity contribution is 0.157. The number of ether oxygens (including phenoxy) is 2. The maximum atomic E-state index is 14.4. The van der Waals surface area contributed by atoms with Crippen LogP contribution in [0.3, 0.4) is 0 Å². The van der Waals surface area contributed by atoms with Gasteiger partial charge in [0, 0.05) is 42.3 Å². The SMILES string of the molecule is COc1ccc(C2=NC(c3ccc(Cl)cc3)C(c3ccc(Cl)cc3)N2C(=O)N2CCNCC2)c(OCC(C)C)c1.Cl. The Bertz CT molecular complexity index is 1360. The van der Waals surface area contributed by atoms with E-state index < -0.39 is 6.04 Å². The smallest absolute Gasteiger partial charge is 0.326 e. The van der Waals surface area contributed by atoms with E-state index in [0.717, 1.165) is 29.8 Å². The number of piperazine rings is 1. The molecule has 0 aromatic heterocycles. The summed E-state index contributed by atoms with van der Waals surface area (Å²) in [4.78, 5) is 23.4. The molecular weight excluding hydrogens is 583 g/mol. The number of nitrogens with one attached hydrogen (secondary N) is 1. The van der Waals surface area contributed by atoms with Gasteiger partial charge in [-0.1, -0.05) is 61.3 Å². The Labute approximate surface area is 257 Å². The second-order valence-corrected chi connectivity index (χ2v) is 11.3. The van der Waals surface area contributed by atoms with E-state index in [1.54, 1.807) is 7.11 Å². The molecule has 0 radical (unpaired) electrons. The van der Waals surface area contributed by atoms with Crippen LogP contribution in [0.5, 0.6) is 11.5 Å². The average Bonchev–Trinajstić information content (AvgIpc) is 3.37. The van der Waals surface area contributed by atoms with Crippen LogP contribution in [-0.4, -0.2) is 61.6 Å². The summed E-state index contributed by atoms with van der Waals surface area (Å²) in [6, 6.07) is 20.1. The van der Waals surface area contributed by atoms with Crippen molar-refractivity contribution in [3.63, 3.8) is 0 Å². The zero-order chi connectivity index (χ0) is 28.2. The fourth-order valence-electron chi connectivity index (χ4n) is 5.05. The number of methoxy groups -OCH3 is 1. The summed E-state index contributed by atoms with van der Waals surface area (Å²) in [7, 11) is 1.63. The molecule has 2 aliphatic heterocycles. The molecule has 2 unspecified atom stereocenters. The number of halogens is 3. The zero-order valence-electron chi connectivity index (χ0n) is 23.3. The van der Waals surface area contributed by atoms with Crippen molar-refractivity contribution in [2.45, 2.75) is 25.9 Å². The number of carbonyl (C=O) groups excluding carboxylic acids is 1. The Morgan fingerprint density at radius 3 is 2.17 bits per heavy atom. The maximum absolute atomic E-state index is 14.4. The number of hydrogen-bond donors (Lipinski definition) is 1. The van der Waals surface area contributed by atoms with Crippen molar-refractivity contribution in [3.8, 4) is 11.5 Å². The summed E-state index contributed by atoms with van der Waals surface area (Å²) in [6.07, 6.45) is 0. The third kappa shape index (κ3) is 6.92. The zero-order valence-corrected chi connectivity index (χ0v) is 25.7. The normalized spacial score (nSPS) is 18.6. The molecule has 0 bridgehead atoms. The minimum Gasteiger partial charge on any atom is -0.497 e. The van der Waals surface area contributed by atoms with E-state index in [0.29, 0.717) is 53.0 Å². The van der Waals surface area contributed by atoms with Crippen LogP contribution in [0.25, 0.3) is 0 Å². The molecule has 0 spiro atoms. The van der Waals surface area contributed by atoms with Gasteiger partial charge in [0.15, 0.2) is 0 Å². The molecule has 10 heteroatoms. The van der Waals surface area contributed by atoms with E-state index in [1.165, 1.54) is 0 Å². The fourth-order valence-corrected chi connectivity index (χ4v) is 5.31. The first kappa shape index (κ1) is 31.0. The van der Waals surface area contributed by atoms with E-state index in [1.807, 2.05) is 76.5 Å². The van der Waals surface area contributed by atoms with Crippen molar-refractivity contribution in [1.29, 1.82) is 0 Å². The van der Waals surface area contributed by atoms with Crippen LogP contribution >= 0.6 is 35.6 Å². The lowest BCUT2D eigenvalue weighted by atomic mass is 9.93. The first-order valence-corrected chi connectivity index (χ1v) is 14.3. The number of benzene rings is 3. The van der Waals surface area contributed by atoms with Gasteiger partial charge in [0.25, 0.3) is 0 Å². The highest BCUT2D eigenvalue weighted by atomic mass is 35.5. The summed E-state index contributed by atoms with van der Waals surface area (Å²) in [5.41, 5.74) is 2.63. The van der Waals surface area contributed by atoms with Crippen LogP contribution in [0.1, 0.15) is 42.6 Å². The average molecular weight is 618 g/mol. The van der Waals surface area contributed by atoms with Crippen molar-refractivity contribution in [1.82, 2.24) is 15.1 Å². The number of urea groups is 1. The molecular formula is C31H35Cl3N4O3. The van der Waals surface area contributed by atoms with Crippen LogP contribution in [0.4, 0.5) is 4.79 Å². The second kappa shape index (κ2) is 13.8. The third-order valence-electron chi connectivity index (χ3n) is 7.09. The van der Waals surface area contributed by atoms with Crippen molar-refractivity contribution >= 4 is 47.5 Å². The van der Waals surface area contributed by atoms with Gasteiger partial charge in [0.05, 0.1) is 25.3 Å². The Morgan fingerprint density at radius 1 is 0.976 bits per heavy atom. The Balaban J connectivity index is 0.00000387. The van der Waals surface area contributed by atoms with E-state index in [2.05, 4.69) is 19.2 Å². The highest BCUT2D eigenvalue weighted by Gasteiger charge is 2.44. The van der Waals surface area contributed by atoms with Gasteiger partial charge >= 0.3 is 6.03 Å². The molecule has 1 saturated heterocycles. The summed E-state index contributed by atoms with van der Waals surface area (Å²) >= 11 is 12.5. The molecule has 3 aromatic carbocycles. The number of aliphatic imine (C=N–C) groups is 1. The summed E-state index contributed by atoms with van der Waals surface area (Å²) in [5.74, 6) is 2.16. The van der Waals surface area contributed by atoms with Crippen LogP contribution < -0.4 is 14.8 Å². The Morgan fingerprint density at radius 2 is 1.59 bits per heavy atom. The Kier molecular flexibility index (Phi) is 10.4. The lowest BCUT2D eigenvalue weighted by Gasteiger charge is -2.36. The van der Waals surface area contributed by atoms with Gasteiger partial charge in [-0.05, 0) is 53.4 Å². The maximum Gasteiger partial charge on any atom is 0.326 e. The van der Waals surface area contributed by atoms with Gasteiger partial charge < -0.3 is 19.7 Å². The van der Waals surface area contributed by atoms with Crippen LogP contribution in [0.2, 0.25) is 10.0 Å². The van der Waals surface area contributed by atoms with E-state index in [9.17, 15) is 4.79 Å². The minimum absolute atomic E-state index is 0. The summed E-state index contributed by atoms with van der Waals surface area (Å²) < 4.78 is 11.8. The molecule has 2 aliphatic rings. The number of amides is 2.